The van der Waals surface area contributed by atoms with Crippen molar-refractivity contribution in [3.63, 3.8) is 0 Å². The van der Waals surface area contributed by atoms with Crippen molar-refractivity contribution in [2.75, 3.05) is 12.4 Å². The summed E-state index contributed by atoms with van der Waals surface area (Å²) in [6, 6.07) is 23.4. The molecule has 0 fully saturated rings. The van der Waals surface area contributed by atoms with Gasteiger partial charge in [-0.15, -0.1) is 10.2 Å². The van der Waals surface area contributed by atoms with Gasteiger partial charge >= 0.3 is 5.97 Å². The lowest BCUT2D eigenvalue weighted by atomic mass is 10.2. The van der Waals surface area contributed by atoms with Crippen LogP contribution in [0.1, 0.15) is 41.5 Å². The summed E-state index contributed by atoms with van der Waals surface area (Å²) < 4.78 is 13.0. The van der Waals surface area contributed by atoms with E-state index >= 15 is 0 Å². The summed E-state index contributed by atoms with van der Waals surface area (Å²) in [5.41, 5.74) is 4.61. The maximum absolute atomic E-state index is 12.4. The van der Waals surface area contributed by atoms with Crippen molar-refractivity contribution in [1.82, 2.24) is 20.2 Å². The highest BCUT2D eigenvalue weighted by Gasteiger charge is 2.13. The van der Waals surface area contributed by atoms with E-state index in [0.29, 0.717) is 23.1 Å². The lowest BCUT2D eigenvalue weighted by Gasteiger charge is -2.07. The molecule has 39 heavy (non-hydrogen) atoms. The van der Waals surface area contributed by atoms with Crippen LogP contribution < -0.4 is 14.9 Å². The van der Waals surface area contributed by atoms with Crippen molar-refractivity contribution in [3.8, 4) is 17.2 Å². The first-order valence-electron chi connectivity index (χ1n) is 12.5. The molecule has 3 aromatic carbocycles. The number of aryl methyl sites for hydroxylation is 1. The third-order valence-corrected chi connectivity index (χ3v) is 6.42. The lowest BCUT2D eigenvalue weighted by Crippen LogP contribution is -2.20. The van der Waals surface area contributed by atoms with Gasteiger partial charge in [0.2, 0.25) is 0 Å². The van der Waals surface area contributed by atoms with E-state index in [0.717, 1.165) is 35.7 Å². The van der Waals surface area contributed by atoms with Crippen LogP contribution >= 0.6 is 11.8 Å². The third kappa shape index (κ3) is 8.02. The molecule has 200 valence electrons. The van der Waals surface area contributed by atoms with E-state index in [2.05, 4.69) is 27.6 Å². The highest BCUT2D eigenvalue weighted by atomic mass is 32.2. The SMILES string of the molecule is CCCCOc1ccc(C(=O)Oc2ccc(C=NNC(=O)CSc3nnc(C)n3-c3ccccc3)cc2)cc1. The number of para-hydroxylation sites is 1. The fraction of sp³-hybridized carbons (Fsp3) is 0.207. The molecule has 0 saturated heterocycles. The number of esters is 1. The molecule has 10 heteroatoms. The van der Waals surface area contributed by atoms with Gasteiger partial charge in [-0.3, -0.25) is 9.36 Å². The molecule has 9 nitrogen and oxygen atoms in total. The van der Waals surface area contributed by atoms with Crippen molar-refractivity contribution in [3.05, 3.63) is 95.8 Å². The molecule has 4 aromatic rings. The Morgan fingerprint density at radius 2 is 1.69 bits per heavy atom. The Morgan fingerprint density at radius 3 is 2.41 bits per heavy atom. The van der Waals surface area contributed by atoms with E-state index in [-0.39, 0.29) is 11.7 Å². The Balaban J connectivity index is 1.23. The molecule has 0 atom stereocenters. The molecule has 0 bridgehead atoms. The molecule has 1 N–H and O–H groups in total. The highest BCUT2D eigenvalue weighted by molar-refractivity contribution is 7.99. The van der Waals surface area contributed by atoms with E-state index < -0.39 is 5.97 Å². The Kier molecular flexibility index (Phi) is 9.85. The quantitative estimate of drug-likeness (QED) is 0.0652. The largest absolute Gasteiger partial charge is 0.494 e. The van der Waals surface area contributed by atoms with E-state index in [1.807, 2.05) is 41.8 Å². The Hall–Kier alpha value is -4.44. The molecule has 0 saturated carbocycles. The summed E-state index contributed by atoms with van der Waals surface area (Å²) in [6.45, 7) is 4.62. The Bertz CT molecular complexity index is 1400. The highest BCUT2D eigenvalue weighted by Crippen LogP contribution is 2.21. The standard InChI is InChI=1S/C29H29N5O4S/c1-3-4-18-37-25-16-12-23(13-17-25)28(36)38-26-14-10-22(11-15-26)19-30-32-27(35)20-39-29-33-31-21(2)34(29)24-8-6-5-7-9-24/h5-17,19H,3-4,18,20H2,1-2H3,(H,32,35). The number of rotatable bonds is 12. The van der Waals surface area contributed by atoms with Gasteiger partial charge in [0.1, 0.15) is 17.3 Å². The number of hydrogen-bond acceptors (Lipinski definition) is 8. The molecule has 1 amide bonds. The molecule has 1 aromatic heterocycles. The molecule has 4 rings (SSSR count). The summed E-state index contributed by atoms with van der Waals surface area (Å²) in [5, 5.41) is 12.9. The molecule has 1 heterocycles. The zero-order chi connectivity index (χ0) is 27.5. The number of benzene rings is 3. The van der Waals surface area contributed by atoms with Crippen LogP contribution in [0.4, 0.5) is 0 Å². The molecular weight excluding hydrogens is 514 g/mol. The second-order valence-electron chi connectivity index (χ2n) is 8.47. The smallest absolute Gasteiger partial charge is 0.343 e. The number of ether oxygens (including phenoxy) is 2. The van der Waals surface area contributed by atoms with Gasteiger partial charge in [-0.05, 0) is 79.6 Å². The number of amides is 1. The topological polar surface area (TPSA) is 108 Å². The number of thioether (sulfide) groups is 1. The molecule has 0 aliphatic heterocycles. The minimum atomic E-state index is -0.459. The molecule has 0 aliphatic rings. The van der Waals surface area contributed by atoms with Gasteiger partial charge < -0.3 is 9.47 Å². The number of aromatic nitrogens is 3. The van der Waals surface area contributed by atoms with Crippen molar-refractivity contribution in [1.29, 1.82) is 0 Å². The number of carbonyl (C=O) groups is 2. The zero-order valence-electron chi connectivity index (χ0n) is 21.7. The van der Waals surface area contributed by atoms with Gasteiger partial charge in [-0.2, -0.15) is 5.10 Å². The monoisotopic (exact) mass is 543 g/mol. The first-order valence-corrected chi connectivity index (χ1v) is 13.5. The predicted molar refractivity (Wildman–Crippen MR) is 151 cm³/mol. The van der Waals surface area contributed by atoms with E-state index in [1.54, 1.807) is 48.5 Å². The van der Waals surface area contributed by atoms with Crippen molar-refractivity contribution >= 4 is 29.9 Å². The first kappa shape index (κ1) is 27.6. The van der Waals surface area contributed by atoms with Crippen LogP contribution in [0.5, 0.6) is 11.5 Å². The maximum Gasteiger partial charge on any atom is 0.343 e. The van der Waals surface area contributed by atoms with Crippen LogP contribution in [0, 0.1) is 6.92 Å². The number of nitrogens with one attached hydrogen (secondary N) is 1. The third-order valence-electron chi connectivity index (χ3n) is 5.49. The number of hydrazone groups is 1. The van der Waals surface area contributed by atoms with Crippen LogP contribution in [-0.2, 0) is 4.79 Å². The van der Waals surface area contributed by atoms with E-state index in [1.165, 1.54) is 18.0 Å². The first-order chi connectivity index (χ1) is 19.0. The second-order valence-corrected chi connectivity index (χ2v) is 9.41. The van der Waals surface area contributed by atoms with Gasteiger partial charge in [-0.25, -0.2) is 10.2 Å². The average molecular weight is 544 g/mol. The molecule has 0 unspecified atom stereocenters. The fourth-order valence-electron chi connectivity index (χ4n) is 3.46. The van der Waals surface area contributed by atoms with Crippen molar-refractivity contribution in [2.24, 2.45) is 5.10 Å². The van der Waals surface area contributed by atoms with E-state index in [4.69, 9.17) is 9.47 Å². The van der Waals surface area contributed by atoms with E-state index in [9.17, 15) is 9.59 Å². The van der Waals surface area contributed by atoms with Crippen LogP contribution in [0.3, 0.4) is 0 Å². The van der Waals surface area contributed by atoms with Gasteiger partial charge in [0.25, 0.3) is 5.91 Å². The van der Waals surface area contributed by atoms with Crippen molar-refractivity contribution in [2.45, 2.75) is 31.8 Å². The summed E-state index contributed by atoms with van der Waals surface area (Å²) in [4.78, 5) is 24.7. The van der Waals surface area contributed by atoms with Crippen molar-refractivity contribution < 1.29 is 19.1 Å². The number of carbonyl (C=O) groups excluding carboxylic acids is 2. The molecule has 0 spiro atoms. The summed E-state index contributed by atoms with van der Waals surface area (Å²) in [5.74, 6) is 1.26. The Labute approximate surface area is 231 Å². The fourth-order valence-corrected chi connectivity index (χ4v) is 4.25. The number of hydrogen-bond donors (Lipinski definition) is 1. The van der Waals surface area contributed by atoms with Crippen LogP contribution in [-0.4, -0.2) is 45.2 Å². The zero-order valence-corrected chi connectivity index (χ0v) is 22.6. The van der Waals surface area contributed by atoms with Gasteiger partial charge in [-0.1, -0.05) is 43.3 Å². The number of nitrogens with zero attached hydrogens (tertiary/aromatic N) is 4. The summed E-state index contributed by atoms with van der Waals surface area (Å²) >= 11 is 1.28. The van der Waals surface area contributed by atoms with Crippen LogP contribution in [0.25, 0.3) is 5.69 Å². The Morgan fingerprint density at radius 1 is 0.974 bits per heavy atom. The second kappa shape index (κ2) is 13.9. The van der Waals surface area contributed by atoms with Gasteiger partial charge in [0, 0.05) is 5.69 Å². The number of unbranched alkanes of at least 4 members (excludes halogenated alkanes) is 1. The average Bonchev–Trinajstić information content (AvgIpc) is 3.34. The summed E-state index contributed by atoms with van der Waals surface area (Å²) in [7, 11) is 0. The minimum Gasteiger partial charge on any atom is -0.494 e. The minimum absolute atomic E-state index is 0.128. The molecule has 0 radical (unpaired) electrons. The van der Waals surface area contributed by atoms with Crippen LogP contribution in [0.15, 0.2) is 89.1 Å². The predicted octanol–water partition coefficient (Wildman–Crippen LogP) is 5.22. The molecule has 0 aliphatic carbocycles. The summed E-state index contributed by atoms with van der Waals surface area (Å²) in [6.07, 6.45) is 3.56. The molecular formula is C29H29N5O4S. The van der Waals surface area contributed by atoms with Gasteiger partial charge in [0.05, 0.1) is 24.1 Å². The normalized spacial score (nSPS) is 10.9. The lowest BCUT2D eigenvalue weighted by molar-refractivity contribution is -0.118. The van der Waals surface area contributed by atoms with Gasteiger partial charge in [0.15, 0.2) is 5.16 Å². The maximum atomic E-state index is 12.4. The van der Waals surface area contributed by atoms with Crippen LogP contribution in [0.2, 0.25) is 0 Å².